The molecule has 0 spiro atoms. The van der Waals surface area contributed by atoms with Gasteiger partial charge in [-0.1, -0.05) is 6.07 Å². The molecule has 1 saturated heterocycles. The van der Waals surface area contributed by atoms with Crippen LogP contribution in [0.1, 0.15) is 0 Å². The summed E-state index contributed by atoms with van der Waals surface area (Å²) in [6.07, 6.45) is -4.09. The third kappa shape index (κ3) is 3.61. The minimum Gasteiger partial charge on any atom is -0.463 e. The average molecular weight is 401 g/mol. The molecule has 9 heteroatoms. The largest absolute Gasteiger partial charge is 0.463 e. The molecular weight excluding hydrogens is 382 g/mol. The van der Waals surface area contributed by atoms with E-state index in [1.807, 2.05) is 0 Å². The molecule has 0 unspecified atom stereocenters. The first-order valence-corrected chi connectivity index (χ1v) is 8.93. The van der Waals surface area contributed by atoms with E-state index in [1.165, 1.54) is 24.5 Å². The number of hydrogen-bond acceptors (Lipinski definition) is 9. The van der Waals surface area contributed by atoms with Crippen LogP contribution in [-0.4, -0.2) is 62.7 Å². The maximum absolute atomic E-state index is 12.7. The number of nitrogens with zero attached hydrogens (tertiary/aromatic N) is 1. The van der Waals surface area contributed by atoms with Gasteiger partial charge in [-0.3, -0.25) is 9.78 Å². The first-order chi connectivity index (χ1) is 14.0. The fourth-order valence-corrected chi connectivity index (χ4v) is 3.18. The van der Waals surface area contributed by atoms with E-state index in [1.54, 1.807) is 24.4 Å². The van der Waals surface area contributed by atoms with E-state index >= 15 is 0 Å². The number of aromatic nitrogens is 1. The van der Waals surface area contributed by atoms with Gasteiger partial charge in [0.25, 0.3) is 0 Å². The maximum Gasteiger partial charge on any atom is 0.229 e. The molecular formula is C20H19NO8. The lowest BCUT2D eigenvalue weighted by molar-refractivity contribution is -0.277. The van der Waals surface area contributed by atoms with Crippen molar-refractivity contribution in [2.45, 2.75) is 30.7 Å². The smallest absolute Gasteiger partial charge is 0.229 e. The minimum atomic E-state index is -1.55. The Morgan fingerprint density at radius 3 is 2.62 bits per heavy atom. The molecule has 1 aliphatic rings. The second-order valence-electron chi connectivity index (χ2n) is 6.67. The molecule has 0 aliphatic carbocycles. The van der Waals surface area contributed by atoms with Crippen LogP contribution in [0.3, 0.4) is 0 Å². The fourth-order valence-electron chi connectivity index (χ4n) is 3.18. The van der Waals surface area contributed by atoms with E-state index in [-0.39, 0.29) is 16.8 Å². The minimum absolute atomic E-state index is 0.204. The maximum atomic E-state index is 12.7. The quantitative estimate of drug-likeness (QED) is 0.476. The summed E-state index contributed by atoms with van der Waals surface area (Å²) in [6.45, 7) is -0.562. The van der Waals surface area contributed by atoms with Crippen LogP contribution in [-0.2, 0) is 4.74 Å². The van der Waals surface area contributed by atoms with Crippen LogP contribution in [0.25, 0.3) is 22.2 Å². The van der Waals surface area contributed by atoms with Gasteiger partial charge in [-0.05, 0) is 24.3 Å². The number of ether oxygens (including phenoxy) is 2. The van der Waals surface area contributed by atoms with Gasteiger partial charge in [-0.15, -0.1) is 0 Å². The highest BCUT2D eigenvalue weighted by molar-refractivity contribution is 5.81. The average Bonchev–Trinajstić information content (AvgIpc) is 2.75. The van der Waals surface area contributed by atoms with Crippen LogP contribution in [0.4, 0.5) is 0 Å². The molecule has 9 nitrogen and oxygen atoms in total. The van der Waals surface area contributed by atoms with E-state index in [2.05, 4.69) is 4.98 Å². The lowest BCUT2D eigenvalue weighted by Crippen LogP contribution is -2.60. The highest BCUT2D eigenvalue weighted by Gasteiger charge is 2.44. The lowest BCUT2D eigenvalue weighted by atomic mass is 9.99. The molecule has 1 aromatic carbocycles. The standard InChI is InChI=1S/C20H19NO8/c22-8-15-17(24)18(25)19(26)20(29-15)28-10-4-5-11-14(7-10)27-9-12(16(11)23)13-3-1-2-6-21-13/h1-7,9,15,17-20,22,24-26H,8H2/t15-,17-,18+,19-,20+/m0/s1. The predicted octanol–water partition coefficient (Wildman–Crippen LogP) is 0.0337. The van der Waals surface area contributed by atoms with Crippen LogP contribution in [0.2, 0.25) is 0 Å². The van der Waals surface area contributed by atoms with Crippen molar-refractivity contribution >= 4 is 11.0 Å². The first-order valence-electron chi connectivity index (χ1n) is 8.93. The van der Waals surface area contributed by atoms with Gasteiger partial charge >= 0.3 is 0 Å². The Hall–Kier alpha value is -2.82. The molecule has 0 saturated carbocycles. The van der Waals surface area contributed by atoms with E-state index in [0.29, 0.717) is 16.6 Å². The van der Waals surface area contributed by atoms with Gasteiger partial charge in [0.1, 0.15) is 42.0 Å². The van der Waals surface area contributed by atoms with Crippen molar-refractivity contribution in [3.8, 4) is 17.0 Å². The van der Waals surface area contributed by atoms with Crippen molar-refractivity contribution in [3.63, 3.8) is 0 Å². The van der Waals surface area contributed by atoms with Crippen molar-refractivity contribution < 1.29 is 34.3 Å². The molecule has 3 aromatic rings. The topological polar surface area (TPSA) is 142 Å². The normalized spacial score (nSPS) is 27.1. The number of aliphatic hydroxyl groups is 4. The van der Waals surface area contributed by atoms with Crippen LogP contribution in [0.15, 0.2) is 58.1 Å². The zero-order valence-electron chi connectivity index (χ0n) is 15.1. The van der Waals surface area contributed by atoms with E-state index in [0.717, 1.165) is 0 Å². The van der Waals surface area contributed by atoms with E-state index in [4.69, 9.17) is 13.9 Å². The van der Waals surface area contributed by atoms with Crippen LogP contribution >= 0.6 is 0 Å². The molecule has 0 radical (unpaired) electrons. The summed E-state index contributed by atoms with van der Waals surface area (Å²) in [5, 5.41) is 39.3. The Labute approximate surface area is 164 Å². The molecule has 4 rings (SSSR count). The number of benzene rings is 1. The molecule has 0 bridgehead atoms. The highest BCUT2D eigenvalue weighted by atomic mass is 16.7. The van der Waals surface area contributed by atoms with Gasteiger partial charge in [-0.2, -0.15) is 0 Å². The number of pyridine rings is 1. The Kier molecular flexibility index (Phi) is 5.31. The summed E-state index contributed by atoms with van der Waals surface area (Å²) in [4.78, 5) is 16.9. The third-order valence-electron chi connectivity index (χ3n) is 4.79. The second-order valence-corrected chi connectivity index (χ2v) is 6.67. The van der Waals surface area contributed by atoms with Gasteiger partial charge in [0.15, 0.2) is 0 Å². The van der Waals surface area contributed by atoms with Gasteiger partial charge in [0.2, 0.25) is 11.7 Å². The van der Waals surface area contributed by atoms with E-state index in [9.17, 15) is 25.2 Å². The van der Waals surface area contributed by atoms with Gasteiger partial charge < -0.3 is 34.3 Å². The van der Waals surface area contributed by atoms with Gasteiger partial charge in [-0.25, -0.2) is 0 Å². The zero-order chi connectivity index (χ0) is 20.5. The Morgan fingerprint density at radius 1 is 1.07 bits per heavy atom. The Morgan fingerprint density at radius 2 is 1.90 bits per heavy atom. The molecule has 29 heavy (non-hydrogen) atoms. The molecule has 5 atom stereocenters. The second kappa shape index (κ2) is 7.90. The Balaban J connectivity index is 1.62. The van der Waals surface area contributed by atoms with Crippen molar-refractivity contribution in [1.82, 2.24) is 4.98 Å². The molecule has 0 amide bonds. The number of rotatable bonds is 4. The predicted molar refractivity (Wildman–Crippen MR) is 100 cm³/mol. The molecule has 2 aromatic heterocycles. The summed E-state index contributed by atoms with van der Waals surface area (Å²) in [6, 6.07) is 9.66. The van der Waals surface area contributed by atoms with Crippen molar-refractivity contribution in [3.05, 3.63) is 59.1 Å². The molecule has 3 heterocycles. The monoisotopic (exact) mass is 401 g/mol. The zero-order valence-corrected chi connectivity index (χ0v) is 15.1. The fraction of sp³-hybridized carbons (Fsp3) is 0.300. The molecule has 1 aliphatic heterocycles. The van der Waals surface area contributed by atoms with Crippen LogP contribution < -0.4 is 10.2 Å². The van der Waals surface area contributed by atoms with Crippen molar-refractivity contribution in [1.29, 1.82) is 0 Å². The Bertz CT molecular complexity index is 1050. The SMILES string of the molecule is O=c1c(-c2ccccn2)coc2cc(O[C@@H]3O[C@@H](CO)[C@H](O)[C@@H](O)[C@@H]3O)ccc12. The summed E-state index contributed by atoms with van der Waals surface area (Å²) < 4.78 is 16.4. The third-order valence-corrected chi connectivity index (χ3v) is 4.79. The van der Waals surface area contributed by atoms with Crippen molar-refractivity contribution in [2.24, 2.45) is 0 Å². The van der Waals surface area contributed by atoms with Crippen molar-refractivity contribution in [2.75, 3.05) is 6.61 Å². The van der Waals surface area contributed by atoms with E-state index < -0.39 is 37.3 Å². The van der Waals surface area contributed by atoms with Gasteiger partial charge in [0, 0.05) is 12.3 Å². The summed E-state index contributed by atoms with van der Waals surface area (Å²) >= 11 is 0. The molecule has 1 fully saturated rings. The number of hydrogen-bond donors (Lipinski definition) is 4. The summed E-state index contributed by atoms with van der Waals surface area (Å²) in [5.41, 5.74) is 0.798. The van der Waals surface area contributed by atoms with Crippen LogP contribution in [0.5, 0.6) is 5.75 Å². The van der Waals surface area contributed by atoms with Crippen LogP contribution in [0, 0.1) is 0 Å². The lowest BCUT2D eigenvalue weighted by Gasteiger charge is -2.39. The molecule has 152 valence electrons. The number of aliphatic hydroxyl groups excluding tert-OH is 4. The number of fused-ring (bicyclic) bond motifs is 1. The first kappa shape index (κ1) is 19.5. The van der Waals surface area contributed by atoms with Gasteiger partial charge in [0.05, 0.1) is 23.3 Å². The summed E-state index contributed by atoms with van der Waals surface area (Å²) in [5.74, 6) is 0.204. The molecule has 4 N–H and O–H groups in total. The summed E-state index contributed by atoms with van der Waals surface area (Å²) in [7, 11) is 0. The highest BCUT2D eigenvalue weighted by Crippen LogP contribution is 2.27.